The zero-order chi connectivity index (χ0) is 10.9. The van der Waals surface area contributed by atoms with Gasteiger partial charge >= 0.3 is 0 Å². The number of thiol groups is 1. The monoisotopic (exact) mass is 222 g/mol. The second-order valence-electron chi connectivity index (χ2n) is 3.66. The summed E-state index contributed by atoms with van der Waals surface area (Å²) in [7, 11) is 1.72. The van der Waals surface area contributed by atoms with Crippen molar-refractivity contribution < 1.29 is 14.2 Å². The molecule has 0 heterocycles. The Hall–Kier alpha value is 0.230. The topological polar surface area (TPSA) is 27.7 Å². The van der Waals surface area contributed by atoms with E-state index in [0.717, 1.165) is 12.2 Å². The van der Waals surface area contributed by atoms with Crippen molar-refractivity contribution in [1.82, 2.24) is 0 Å². The van der Waals surface area contributed by atoms with Gasteiger partial charge in [0.25, 0.3) is 0 Å². The van der Waals surface area contributed by atoms with Crippen molar-refractivity contribution in [3.05, 3.63) is 0 Å². The van der Waals surface area contributed by atoms with Crippen LogP contribution in [0.25, 0.3) is 0 Å². The Labute approximate surface area is 92.5 Å². The molecule has 0 bridgehead atoms. The molecule has 0 saturated heterocycles. The third-order valence-corrected chi connectivity index (χ3v) is 2.19. The van der Waals surface area contributed by atoms with Gasteiger partial charge in [0.1, 0.15) is 0 Å². The molecule has 0 aliphatic rings. The van der Waals surface area contributed by atoms with Crippen molar-refractivity contribution in [2.24, 2.45) is 0 Å². The molecule has 0 aromatic carbocycles. The van der Waals surface area contributed by atoms with Gasteiger partial charge in [0.15, 0.2) is 0 Å². The summed E-state index contributed by atoms with van der Waals surface area (Å²) in [5, 5.41) is 0. The van der Waals surface area contributed by atoms with Gasteiger partial charge in [-0.05, 0) is 20.3 Å². The molecule has 0 aliphatic carbocycles. The number of hydrogen-bond acceptors (Lipinski definition) is 4. The summed E-state index contributed by atoms with van der Waals surface area (Å²) < 4.78 is 15.9. The smallest absolute Gasteiger partial charge is 0.0700 e. The molecule has 0 aromatic heterocycles. The molecular formula is C10H22O3S. The van der Waals surface area contributed by atoms with Gasteiger partial charge in [0.05, 0.1) is 25.4 Å². The van der Waals surface area contributed by atoms with Crippen LogP contribution in [0.15, 0.2) is 0 Å². The Balaban J connectivity index is 3.13. The van der Waals surface area contributed by atoms with E-state index in [-0.39, 0.29) is 5.60 Å². The predicted octanol–water partition coefficient (Wildman–Crippen LogP) is 1.76. The summed E-state index contributed by atoms with van der Waals surface area (Å²) in [6.07, 6.45) is 0.899. The normalized spacial score (nSPS) is 12.0. The van der Waals surface area contributed by atoms with Crippen LogP contribution < -0.4 is 0 Å². The number of methoxy groups -OCH3 is 1. The lowest BCUT2D eigenvalue weighted by molar-refractivity contribution is -0.0181. The number of rotatable bonds is 9. The van der Waals surface area contributed by atoms with E-state index < -0.39 is 0 Å². The molecule has 4 heteroatoms. The van der Waals surface area contributed by atoms with Crippen LogP contribution in [0, 0.1) is 0 Å². The van der Waals surface area contributed by atoms with Gasteiger partial charge in [-0.3, -0.25) is 0 Å². The molecule has 86 valence electrons. The number of hydrogen-bond donors (Lipinski definition) is 1. The highest BCUT2D eigenvalue weighted by Crippen LogP contribution is 2.12. The van der Waals surface area contributed by atoms with Crippen LogP contribution in [0.4, 0.5) is 0 Å². The van der Waals surface area contributed by atoms with Gasteiger partial charge < -0.3 is 14.2 Å². The summed E-state index contributed by atoms with van der Waals surface area (Å²) in [6, 6.07) is 0. The van der Waals surface area contributed by atoms with Crippen LogP contribution in [0.2, 0.25) is 0 Å². The van der Waals surface area contributed by atoms with E-state index in [4.69, 9.17) is 14.2 Å². The highest BCUT2D eigenvalue weighted by atomic mass is 32.1. The van der Waals surface area contributed by atoms with E-state index in [1.54, 1.807) is 7.11 Å². The summed E-state index contributed by atoms with van der Waals surface area (Å²) >= 11 is 4.03. The van der Waals surface area contributed by atoms with Crippen LogP contribution in [0.1, 0.15) is 20.3 Å². The van der Waals surface area contributed by atoms with Crippen molar-refractivity contribution in [1.29, 1.82) is 0 Å². The molecule has 3 nitrogen and oxygen atoms in total. The highest BCUT2D eigenvalue weighted by Gasteiger charge is 2.15. The van der Waals surface area contributed by atoms with E-state index >= 15 is 0 Å². The van der Waals surface area contributed by atoms with E-state index in [9.17, 15) is 0 Å². The van der Waals surface area contributed by atoms with Crippen LogP contribution in [0.5, 0.6) is 0 Å². The molecule has 0 N–H and O–H groups in total. The van der Waals surface area contributed by atoms with Gasteiger partial charge in [0.2, 0.25) is 0 Å². The fourth-order valence-corrected chi connectivity index (χ4v) is 0.936. The van der Waals surface area contributed by atoms with Gasteiger partial charge in [0, 0.05) is 19.5 Å². The second kappa shape index (κ2) is 8.53. The predicted molar refractivity (Wildman–Crippen MR) is 61.2 cm³/mol. The second-order valence-corrected chi connectivity index (χ2v) is 4.11. The maximum atomic E-state index is 5.39. The van der Waals surface area contributed by atoms with Crippen LogP contribution >= 0.6 is 12.6 Å². The molecular weight excluding hydrogens is 200 g/mol. The Bertz CT molecular complexity index is 129. The molecule has 0 radical (unpaired) electrons. The van der Waals surface area contributed by atoms with Gasteiger partial charge in [-0.2, -0.15) is 12.6 Å². The molecule has 0 aromatic rings. The maximum Gasteiger partial charge on any atom is 0.0700 e. The Morgan fingerprint density at radius 1 is 1.00 bits per heavy atom. The molecule has 0 atom stereocenters. The zero-order valence-corrected chi connectivity index (χ0v) is 10.3. The van der Waals surface area contributed by atoms with E-state index in [1.807, 2.05) is 13.8 Å². The summed E-state index contributed by atoms with van der Waals surface area (Å²) in [4.78, 5) is 0. The molecule has 0 saturated carbocycles. The standard InChI is InChI=1S/C10H22O3S/c1-10(2,11-3)4-5-12-6-7-13-8-9-14/h14H,4-9H2,1-3H3. The van der Waals surface area contributed by atoms with E-state index in [0.29, 0.717) is 26.4 Å². The first-order valence-electron chi connectivity index (χ1n) is 4.94. The van der Waals surface area contributed by atoms with E-state index in [1.165, 1.54) is 0 Å². The van der Waals surface area contributed by atoms with Crippen molar-refractivity contribution >= 4 is 12.6 Å². The first-order chi connectivity index (χ1) is 6.62. The number of ether oxygens (including phenoxy) is 3. The van der Waals surface area contributed by atoms with Crippen LogP contribution in [0.3, 0.4) is 0 Å². The minimum Gasteiger partial charge on any atom is -0.379 e. The van der Waals surface area contributed by atoms with Crippen molar-refractivity contribution in [3.8, 4) is 0 Å². The average molecular weight is 222 g/mol. The first-order valence-corrected chi connectivity index (χ1v) is 5.57. The largest absolute Gasteiger partial charge is 0.379 e. The lowest BCUT2D eigenvalue weighted by Crippen LogP contribution is -2.24. The van der Waals surface area contributed by atoms with E-state index in [2.05, 4.69) is 12.6 Å². The molecule has 0 amide bonds. The van der Waals surface area contributed by atoms with Crippen molar-refractivity contribution in [2.75, 3.05) is 39.3 Å². The fourth-order valence-electron chi connectivity index (χ4n) is 0.807. The Kier molecular flexibility index (Phi) is 8.67. The van der Waals surface area contributed by atoms with Crippen molar-refractivity contribution in [2.45, 2.75) is 25.9 Å². The fraction of sp³-hybridized carbons (Fsp3) is 1.00. The minimum absolute atomic E-state index is 0.0913. The summed E-state index contributed by atoms with van der Waals surface area (Å²) in [5.74, 6) is 0.761. The third-order valence-electron chi connectivity index (χ3n) is 2.01. The summed E-state index contributed by atoms with van der Waals surface area (Å²) in [6.45, 7) is 6.80. The Morgan fingerprint density at radius 3 is 2.07 bits per heavy atom. The maximum absolute atomic E-state index is 5.39. The molecule has 14 heavy (non-hydrogen) atoms. The van der Waals surface area contributed by atoms with Crippen LogP contribution in [-0.2, 0) is 14.2 Å². The lowest BCUT2D eigenvalue weighted by atomic mass is 10.1. The molecule has 0 unspecified atom stereocenters. The molecule has 0 rings (SSSR count). The Morgan fingerprint density at radius 2 is 1.57 bits per heavy atom. The third kappa shape index (κ3) is 8.81. The lowest BCUT2D eigenvalue weighted by Gasteiger charge is -2.22. The quantitative estimate of drug-likeness (QED) is 0.476. The van der Waals surface area contributed by atoms with Gasteiger partial charge in [-0.25, -0.2) is 0 Å². The SMILES string of the molecule is COC(C)(C)CCOCCOCCS. The molecule has 0 aliphatic heterocycles. The average Bonchev–Trinajstić information content (AvgIpc) is 2.16. The van der Waals surface area contributed by atoms with Crippen LogP contribution in [-0.4, -0.2) is 44.9 Å². The molecule has 0 spiro atoms. The minimum atomic E-state index is -0.0913. The van der Waals surface area contributed by atoms with Gasteiger partial charge in [-0.15, -0.1) is 0 Å². The van der Waals surface area contributed by atoms with Crippen molar-refractivity contribution in [3.63, 3.8) is 0 Å². The molecule has 0 fully saturated rings. The zero-order valence-electron chi connectivity index (χ0n) is 9.41. The summed E-state index contributed by atoms with van der Waals surface area (Å²) in [5.41, 5.74) is -0.0913. The van der Waals surface area contributed by atoms with Gasteiger partial charge in [-0.1, -0.05) is 0 Å². The highest BCUT2D eigenvalue weighted by molar-refractivity contribution is 7.80. The first kappa shape index (κ1) is 14.2.